The van der Waals surface area contributed by atoms with Crippen LogP contribution >= 0.6 is 0 Å². The van der Waals surface area contributed by atoms with Crippen molar-refractivity contribution < 1.29 is 13.9 Å². The van der Waals surface area contributed by atoms with Crippen molar-refractivity contribution >= 4 is 21.5 Å². The van der Waals surface area contributed by atoms with E-state index in [1.54, 1.807) is 30.3 Å². The molecule has 0 bridgehead atoms. The van der Waals surface area contributed by atoms with Crippen molar-refractivity contribution in [2.75, 3.05) is 6.26 Å². The van der Waals surface area contributed by atoms with E-state index in [-0.39, 0.29) is 5.56 Å². The Kier molecular flexibility index (Phi) is 3.85. The number of carbonyl (C=O) groups is 1. The molecule has 0 aliphatic rings. The number of hydrogen-bond acceptors (Lipinski definition) is 5. The van der Waals surface area contributed by atoms with E-state index in [9.17, 15) is 19.1 Å². The molecule has 0 saturated heterocycles. The lowest BCUT2D eigenvalue weighted by Gasteiger charge is -2.02. The second kappa shape index (κ2) is 5.44. The molecule has 0 unspecified atom stereocenters. The molecular weight excluding hydrogens is 296 g/mol. The summed E-state index contributed by atoms with van der Waals surface area (Å²) < 4.78 is 17.1. The van der Waals surface area contributed by atoms with Crippen molar-refractivity contribution in [2.24, 2.45) is 11.4 Å². The van der Waals surface area contributed by atoms with Gasteiger partial charge in [-0.05, 0) is 17.1 Å². The van der Waals surface area contributed by atoms with Gasteiger partial charge >= 0.3 is 5.82 Å². The zero-order chi connectivity index (χ0) is 15.6. The Labute approximate surface area is 120 Å². The molecule has 0 saturated carbocycles. The molecule has 1 aromatic carbocycles. The Balaban J connectivity index is 2.49. The summed E-state index contributed by atoms with van der Waals surface area (Å²) in [6.45, 7) is 0. The largest absolute Gasteiger partial charge is 0.358 e. The number of amides is 1. The molecule has 0 aliphatic carbocycles. The van der Waals surface area contributed by atoms with Crippen LogP contribution in [-0.2, 0) is 16.8 Å². The zero-order valence-electron chi connectivity index (χ0n) is 11.3. The summed E-state index contributed by atoms with van der Waals surface area (Å²) in [5.74, 6) is -1.40. The molecule has 0 fully saturated rings. The van der Waals surface area contributed by atoms with E-state index in [4.69, 9.17) is 0 Å². The predicted octanol–water partition coefficient (Wildman–Crippen LogP) is 1.63. The first kappa shape index (κ1) is 14.9. The van der Waals surface area contributed by atoms with Gasteiger partial charge in [0.1, 0.15) is 7.05 Å². The molecule has 1 atom stereocenters. The van der Waals surface area contributed by atoms with Crippen LogP contribution in [0.1, 0.15) is 10.4 Å². The maximum absolute atomic E-state index is 12.5. The highest BCUT2D eigenvalue weighted by Gasteiger charge is 2.26. The van der Waals surface area contributed by atoms with Crippen molar-refractivity contribution in [3.63, 3.8) is 0 Å². The normalized spacial score (nSPS) is 13.4. The molecule has 1 aromatic heterocycles. The predicted molar refractivity (Wildman–Crippen MR) is 75.4 cm³/mol. The lowest BCUT2D eigenvalue weighted by Crippen LogP contribution is -2.06. The van der Waals surface area contributed by atoms with E-state index < -0.39 is 26.4 Å². The van der Waals surface area contributed by atoms with Crippen molar-refractivity contribution in [1.82, 2.24) is 9.78 Å². The van der Waals surface area contributed by atoms with Crippen LogP contribution in [0.2, 0.25) is 0 Å². The molecule has 0 aliphatic heterocycles. The SMILES string of the molecule is Cn1ncc(C(=O)N=[S@@](C)(=O)c2ccccc2)c1[N+](=O)[O-]. The van der Waals surface area contributed by atoms with Gasteiger partial charge in [0.2, 0.25) is 0 Å². The number of nitrogens with zero attached hydrogens (tertiary/aromatic N) is 4. The number of nitro groups is 1. The summed E-state index contributed by atoms with van der Waals surface area (Å²) in [7, 11) is -1.63. The van der Waals surface area contributed by atoms with Crippen LogP contribution in [0.5, 0.6) is 0 Å². The lowest BCUT2D eigenvalue weighted by atomic mass is 10.3. The minimum absolute atomic E-state index is 0.284. The van der Waals surface area contributed by atoms with Crippen molar-refractivity contribution in [3.8, 4) is 0 Å². The summed E-state index contributed by atoms with van der Waals surface area (Å²) in [5.41, 5.74) is -0.284. The van der Waals surface area contributed by atoms with Gasteiger partial charge in [-0.1, -0.05) is 23.3 Å². The quantitative estimate of drug-likeness (QED) is 0.632. The molecule has 21 heavy (non-hydrogen) atoms. The van der Waals surface area contributed by atoms with Crippen molar-refractivity contribution in [1.29, 1.82) is 0 Å². The van der Waals surface area contributed by atoms with Crippen molar-refractivity contribution in [2.45, 2.75) is 4.90 Å². The third kappa shape index (κ3) is 2.97. The molecule has 0 radical (unpaired) electrons. The number of carbonyl (C=O) groups excluding carboxylic acids is 1. The van der Waals surface area contributed by atoms with Gasteiger partial charge in [-0.2, -0.15) is 4.36 Å². The highest BCUT2D eigenvalue weighted by atomic mass is 32.2. The molecule has 0 spiro atoms. The van der Waals surface area contributed by atoms with Crippen LogP contribution in [0.3, 0.4) is 0 Å². The Bertz CT molecular complexity index is 819. The van der Waals surface area contributed by atoms with Crippen LogP contribution < -0.4 is 0 Å². The lowest BCUT2D eigenvalue weighted by molar-refractivity contribution is -0.392. The molecule has 2 aromatic rings. The van der Waals surface area contributed by atoms with E-state index in [1.165, 1.54) is 13.3 Å². The highest BCUT2D eigenvalue weighted by molar-refractivity contribution is 7.93. The average Bonchev–Trinajstić information content (AvgIpc) is 2.81. The Hall–Kier alpha value is -2.55. The minimum Gasteiger partial charge on any atom is -0.358 e. The van der Waals surface area contributed by atoms with E-state index in [1.807, 2.05) is 0 Å². The summed E-state index contributed by atoms with van der Waals surface area (Å²) in [5, 5.41) is 14.6. The smallest absolute Gasteiger partial charge is 0.357 e. The molecule has 1 amide bonds. The van der Waals surface area contributed by atoms with E-state index >= 15 is 0 Å². The fourth-order valence-electron chi connectivity index (χ4n) is 1.73. The molecule has 8 nitrogen and oxygen atoms in total. The van der Waals surface area contributed by atoms with Gasteiger partial charge in [0.25, 0.3) is 5.91 Å². The number of aromatic nitrogens is 2. The molecular formula is C12H12N4O4S. The fraction of sp³-hybridized carbons (Fsp3) is 0.167. The molecule has 0 N–H and O–H groups in total. The summed E-state index contributed by atoms with van der Waals surface area (Å²) in [6.07, 6.45) is 2.35. The number of rotatable bonds is 3. The maximum atomic E-state index is 12.5. The summed E-state index contributed by atoms with van der Waals surface area (Å²) >= 11 is 0. The van der Waals surface area contributed by atoms with Crippen LogP contribution in [0.15, 0.2) is 45.8 Å². The maximum Gasteiger partial charge on any atom is 0.357 e. The molecule has 1 heterocycles. The Morgan fingerprint density at radius 3 is 2.57 bits per heavy atom. The average molecular weight is 308 g/mol. The molecule has 2 rings (SSSR count). The van der Waals surface area contributed by atoms with Gasteiger partial charge in [0.15, 0.2) is 5.56 Å². The standard InChI is InChI=1S/C12H12N4O4S/c1-15-12(16(18)19)10(8-13-15)11(17)14-21(2,20)9-6-4-3-5-7-9/h3-8H,1-2H3/t21-/m0/s1. The van der Waals surface area contributed by atoms with Crippen LogP contribution in [-0.4, -0.2) is 31.1 Å². The second-order valence-corrected chi connectivity index (χ2v) is 6.53. The fourth-order valence-corrected chi connectivity index (χ4v) is 2.91. The van der Waals surface area contributed by atoms with Gasteiger partial charge < -0.3 is 10.1 Å². The van der Waals surface area contributed by atoms with Crippen LogP contribution in [0.4, 0.5) is 5.82 Å². The van der Waals surface area contributed by atoms with E-state index in [2.05, 4.69) is 9.46 Å². The van der Waals surface area contributed by atoms with Crippen LogP contribution in [0, 0.1) is 10.1 Å². The first-order valence-electron chi connectivity index (χ1n) is 5.81. The van der Waals surface area contributed by atoms with Gasteiger partial charge in [-0.3, -0.25) is 4.79 Å². The van der Waals surface area contributed by atoms with Crippen molar-refractivity contribution in [3.05, 3.63) is 52.2 Å². The Morgan fingerprint density at radius 2 is 2.00 bits per heavy atom. The number of aryl methyl sites for hydroxylation is 1. The first-order valence-corrected chi connectivity index (χ1v) is 7.73. The van der Waals surface area contributed by atoms with Gasteiger partial charge in [0.05, 0.1) is 15.9 Å². The zero-order valence-corrected chi connectivity index (χ0v) is 12.1. The summed E-state index contributed by atoms with van der Waals surface area (Å²) in [6, 6.07) is 8.25. The first-order chi connectivity index (χ1) is 9.83. The third-order valence-electron chi connectivity index (χ3n) is 2.75. The number of hydrogen-bond donors (Lipinski definition) is 0. The monoisotopic (exact) mass is 308 g/mol. The third-order valence-corrected chi connectivity index (χ3v) is 4.41. The molecule has 110 valence electrons. The number of benzene rings is 1. The molecule has 9 heteroatoms. The van der Waals surface area contributed by atoms with Crippen LogP contribution in [0.25, 0.3) is 0 Å². The topological polar surface area (TPSA) is 107 Å². The van der Waals surface area contributed by atoms with Gasteiger partial charge in [-0.25, -0.2) is 4.21 Å². The van der Waals surface area contributed by atoms with E-state index in [0.717, 1.165) is 10.9 Å². The minimum atomic E-state index is -2.98. The van der Waals surface area contributed by atoms with Gasteiger partial charge in [0, 0.05) is 11.2 Å². The highest BCUT2D eigenvalue weighted by Crippen LogP contribution is 2.19. The van der Waals surface area contributed by atoms with Gasteiger partial charge in [-0.15, -0.1) is 4.68 Å². The second-order valence-electron chi connectivity index (χ2n) is 4.27. The Morgan fingerprint density at radius 1 is 1.38 bits per heavy atom. The van der Waals surface area contributed by atoms with E-state index in [0.29, 0.717) is 4.90 Å². The summed E-state index contributed by atoms with van der Waals surface area (Å²) in [4.78, 5) is 22.6.